The van der Waals surface area contributed by atoms with Gasteiger partial charge < -0.3 is 15.4 Å². The summed E-state index contributed by atoms with van der Waals surface area (Å²) >= 11 is 0. The Morgan fingerprint density at radius 3 is 1.86 bits per heavy atom. The summed E-state index contributed by atoms with van der Waals surface area (Å²) in [6.07, 6.45) is 3.38. The lowest BCUT2D eigenvalue weighted by atomic mass is 10.1. The van der Waals surface area contributed by atoms with Crippen LogP contribution in [-0.4, -0.2) is 31.4 Å². The molecule has 37 heavy (non-hydrogen) atoms. The number of aryl methyl sites for hydroxylation is 1. The molecule has 0 bridgehead atoms. The molecule has 0 fully saturated rings. The molecule has 0 aliphatic heterocycles. The van der Waals surface area contributed by atoms with Gasteiger partial charge in [0, 0.05) is 30.8 Å². The number of carbonyl (C=O) groups excluding carboxylic acids is 2. The van der Waals surface area contributed by atoms with Gasteiger partial charge in [0.1, 0.15) is 5.75 Å². The van der Waals surface area contributed by atoms with Gasteiger partial charge in [0.05, 0.1) is 0 Å². The minimum Gasteiger partial charge on any atom is -0.471 e. The maximum absolute atomic E-state index is 12.6. The van der Waals surface area contributed by atoms with Crippen LogP contribution in [0.3, 0.4) is 0 Å². The lowest BCUT2D eigenvalue weighted by Crippen LogP contribution is -2.15. The molecule has 0 aliphatic rings. The average Bonchev–Trinajstić information content (AvgIpc) is 3.59. The Hall–Kier alpha value is -5.18. The predicted molar refractivity (Wildman–Crippen MR) is 140 cm³/mol. The fourth-order valence-electron chi connectivity index (χ4n) is 3.63. The Morgan fingerprint density at radius 2 is 1.27 bits per heavy atom. The van der Waals surface area contributed by atoms with Gasteiger partial charge >= 0.3 is 0 Å². The number of aromatic nitrogens is 4. The molecule has 0 spiro atoms. The van der Waals surface area contributed by atoms with Crippen LogP contribution in [0.5, 0.6) is 5.75 Å². The number of ether oxygens (including phenoxy) is 1. The molecule has 0 aliphatic carbocycles. The second-order valence-electron chi connectivity index (χ2n) is 8.26. The molecule has 0 radical (unpaired) electrons. The van der Waals surface area contributed by atoms with E-state index >= 15 is 0 Å². The predicted octanol–water partition coefficient (Wildman–Crippen LogP) is 4.82. The lowest BCUT2D eigenvalue weighted by Gasteiger charge is -2.08. The van der Waals surface area contributed by atoms with E-state index < -0.39 is 0 Å². The van der Waals surface area contributed by atoms with Crippen LogP contribution in [0.4, 0.5) is 11.4 Å². The van der Waals surface area contributed by atoms with Gasteiger partial charge in [-0.1, -0.05) is 42.5 Å². The molecule has 0 atom stereocenters. The average molecular weight is 493 g/mol. The number of carbonyl (C=O) groups is 2. The first kappa shape index (κ1) is 23.6. The zero-order valence-corrected chi connectivity index (χ0v) is 20.0. The van der Waals surface area contributed by atoms with E-state index in [1.807, 2.05) is 42.5 Å². The molecule has 184 valence electrons. The summed E-state index contributed by atoms with van der Waals surface area (Å²) in [6, 6.07) is 28.0. The smallest absolute Gasteiger partial charge is 0.276 e. The summed E-state index contributed by atoms with van der Waals surface area (Å²) in [5.74, 6) is 0.0462. The van der Waals surface area contributed by atoms with Crippen molar-refractivity contribution < 1.29 is 14.3 Å². The summed E-state index contributed by atoms with van der Waals surface area (Å²) in [7, 11) is 1.75. The number of hydrogen-bond acceptors (Lipinski definition) is 5. The second kappa shape index (κ2) is 10.6. The van der Waals surface area contributed by atoms with Crippen molar-refractivity contribution in [2.45, 2.75) is 6.73 Å². The van der Waals surface area contributed by atoms with E-state index in [0.29, 0.717) is 22.8 Å². The van der Waals surface area contributed by atoms with Crippen LogP contribution in [0, 0.1) is 0 Å². The Labute approximate surface area is 213 Å². The van der Waals surface area contributed by atoms with Gasteiger partial charge in [-0.25, -0.2) is 4.68 Å². The molecule has 2 amide bonds. The molecule has 0 unspecified atom stereocenters. The van der Waals surface area contributed by atoms with Crippen molar-refractivity contribution in [2.24, 2.45) is 7.05 Å². The Kier molecular flexibility index (Phi) is 6.76. The fourth-order valence-corrected chi connectivity index (χ4v) is 3.63. The van der Waals surface area contributed by atoms with Crippen LogP contribution in [0.15, 0.2) is 103 Å². The second-order valence-corrected chi connectivity index (χ2v) is 8.26. The monoisotopic (exact) mass is 492 g/mol. The first-order valence-corrected chi connectivity index (χ1v) is 11.6. The molecule has 9 heteroatoms. The van der Waals surface area contributed by atoms with Crippen LogP contribution < -0.4 is 15.4 Å². The fraction of sp³-hybridized carbons (Fsp3) is 0.0714. The lowest BCUT2D eigenvalue weighted by molar-refractivity contribution is 0.101. The van der Waals surface area contributed by atoms with Gasteiger partial charge in [-0.3, -0.25) is 14.3 Å². The highest BCUT2D eigenvalue weighted by molar-refractivity contribution is 6.04. The van der Waals surface area contributed by atoms with Crippen LogP contribution in [0.25, 0.3) is 11.1 Å². The number of nitrogens with one attached hydrogen (secondary N) is 2. The third-order valence-electron chi connectivity index (χ3n) is 5.55. The minimum absolute atomic E-state index is 0.169. The van der Waals surface area contributed by atoms with Gasteiger partial charge in [-0.05, 0) is 59.7 Å². The highest BCUT2D eigenvalue weighted by Crippen LogP contribution is 2.22. The normalized spacial score (nSPS) is 10.6. The summed E-state index contributed by atoms with van der Waals surface area (Å²) in [5.41, 5.74) is 3.99. The number of rotatable bonds is 8. The number of anilines is 2. The van der Waals surface area contributed by atoms with Crippen LogP contribution >= 0.6 is 0 Å². The molecular weight excluding hydrogens is 468 g/mol. The topological polar surface area (TPSA) is 103 Å². The quantitative estimate of drug-likeness (QED) is 0.323. The highest BCUT2D eigenvalue weighted by Gasteiger charge is 2.12. The van der Waals surface area contributed by atoms with E-state index in [1.165, 1.54) is 0 Å². The molecule has 2 heterocycles. The zero-order valence-electron chi connectivity index (χ0n) is 20.0. The molecule has 5 rings (SSSR count). The Bertz CT molecular complexity index is 1510. The maximum Gasteiger partial charge on any atom is 0.276 e. The van der Waals surface area contributed by atoms with Crippen LogP contribution in [0.1, 0.15) is 21.0 Å². The Morgan fingerprint density at radius 1 is 0.703 bits per heavy atom. The number of benzene rings is 3. The van der Waals surface area contributed by atoms with E-state index in [-0.39, 0.29) is 24.2 Å². The van der Waals surface area contributed by atoms with Crippen molar-refractivity contribution >= 4 is 23.2 Å². The maximum atomic E-state index is 12.6. The number of nitrogens with zero attached hydrogens (tertiary/aromatic N) is 4. The summed E-state index contributed by atoms with van der Waals surface area (Å²) in [6.45, 7) is 0.169. The molecule has 9 nitrogen and oxygen atoms in total. The largest absolute Gasteiger partial charge is 0.471 e. The molecule has 0 saturated heterocycles. The van der Waals surface area contributed by atoms with Gasteiger partial charge in [-0.15, -0.1) is 0 Å². The van der Waals surface area contributed by atoms with Crippen molar-refractivity contribution in [3.8, 4) is 16.9 Å². The SMILES string of the molecule is Cn1ccc(C(=O)Nc2ccc(NC(=O)c3ccn(COc4ccc(-c5ccccc5)cc4)n3)cc2)n1. The molecule has 0 saturated carbocycles. The van der Waals surface area contributed by atoms with Crippen LogP contribution in [-0.2, 0) is 13.8 Å². The standard InChI is InChI=1S/C28H24N6O3/c1-33-17-15-25(31-33)27(35)29-22-9-11-23(12-10-22)30-28(36)26-16-18-34(32-26)19-37-24-13-7-21(8-14-24)20-5-3-2-4-6-20/h2-18H,19H2,1H3,(H,29,35)(H,30,36). The van der Waals surface area contributed by atoms with E-state index in [4.69, 9.17) is 4.74 Å². The third-order valence-corrected chi connectivity index (χ3v) is 5.55. The van der Waals surface area contributed by atoms with E-state index in [9.17, 15) is 9.59 Å². The third kappa shape index (κ3) is 5.91. The first-order valence-electron chi connectivity index (χ1n) is 11.6. The van der Waals surface area contributed by atoms with E-state index in [2.05, 4.69) is 33.0 Å². The first-order chi connectivity index (χ1) is 18.0. The van der Waals surface area contributed by atoms with Crippen molar-refractivity contribution in [3.63, 3.8) is 0 Å². The minimum atomic E-state index is -0.351. The van der Waals surface area contributed by atoms with E-state index in [0.717, 1.165) is 11.1 Å². The summed E-state index contributed by atoms with van der Waals surface area (Å²) in [5, 5.41) is 13.9. The molecule has 3 aromatic carbocycles. The summed E-state index contributed by atoms with van der Waals surface area (Å²) < 4.78 is 8.91. The van der Waals surface area contributed by atoms with Crippen molar-refractivity contribution in [3.05, 3.63) is 115 Å². The van der Waals surface area contributed by atoms with Gasteiger partial charge in [-0.2, -0.15) is 10.2 Å². The summed E-state index contributed by atoms with van der Waals surface area (Å²) in [4.78, 5) is 24.8. The molecule has 2 N–H and O–H groups in total. The van der Waals surface area contributed by atoms with Crippen molar-refractivity contribution in [1.82, 2.24) is 19.6 Å². The molecular formula is C28H24N6O3. The zero-order chi connectivity index (χ0) is 25.6. The van der Waals surface area contributed by atoms with Gasteiger partial charge in [0.2, 0.25) is 0 Å². The number of hydrogen-bond donors (Lipinski definition) is 2. The highest BCUT2D eigenvalue weighted by atomic mass is 16.5. The van der Waals surface area contributed by atoms with Gasteiger partial charge in [0.15, 0.2) is 18.1 Å². The Balaban J connectivity index is 1.13. The number of amides is 2. The van der Waals surface area contributed by atoms with Crippen molar-refractivity contribution in [2.75, 3.05) is 10.6 Å². The van der Waals surface area contributed by atoms with E-state index in [1.54, 1.807) is 65.2 Å². The van der Waals surface area contributed by atoms with Crippen molar-refractivity contribution in [1.29, 1.82) is 0 Å². The van der Waals surface area contributed by atoms with Gasteiger partial charge in [0.25, 0.3) is 11.8 Å². The molecule has 2 aromatic heterocycles. The molecule has 5 aromatic rings. The van der Waals surface area contributed by atoms with Crippen LogP contribution in [0.2, 0.25) is 0 Å².